The second-order valence-electron chi connectivity index (χ2n) is 2.06. The lowest BCUT2D eigenvalue weighted by Gasteiger charge is -2.07. The van der Waals surface area contributed by atoms with Gasteiger partial charge in [-0.3, -0.25) is 14.1 Å². The van der Waals surface area contributed by atoms with Crippen LogP contribution in [-0.4, -0.2) is 15.7 Å². The van der Waals surface area contributed by atoms with Crippen LogP contribution in [0.15, 0.2) is 24.5 Å². The third-order valence-electron chi connectivity index (χ3n) is 1.19. The van der Waals surface area contributed by atoms with E-state index < -0.39 is 0 Å². The zero-order chi connectivity index (χ0) is 8.10. The van der Waals surface area contributed by atoms with E-state index in [0.29, 0.717) is 13.0 Å². The molecule has 4 heteroatoms. The fourth-order valence-electron chi connectivity index (χ4n) is 0.716. The van der Waals surface area contributed by atoms with Crippen molar-refractivity contribution in [2.24, 2.45) is 0 Å². The number of aromatic nitrogens is 1. The van der Waals surface area contributed by atoms with Crippen LogP contribution in [0.3, 0.4) is 0 Å². The lowest BCUT2D eigenvalue weighted by Crippen LogP contribution is -2.08. The summed E-state index contributed by atoms with van der Waals surface area (Å²) in [5.74, 6) is 0. The summed E-state index contributed by atoms with van der Waals surface area (Å²) in [6.45, 7) is 0.487. The van der Waals surface area contributed by atoms with Crippen molar-refractivity contribution in [2.75, 3.05) is 0 Å². The normalized spacial score (nSPS) is 9.18. The zero-order valence-corrected chi connectivity index (χ0v) is 6.74. The zero-order valence-electron chi connectivity index (χ0n) is 5.84. The lowest BCUT2D eigenvalue weighted by molar-refractivity contribution is -0.114. The predicted octanol–water partition coefficient (Wildman–Crippen LogP) is 0.885. The average Bonchev–Trinajstić information content (AvgIpc) is 2.06. The highest BCUT2D eigenvalue weighted by atomic mass is 32.1. The maximum absolute atomic E-state index is 10.1. The van der Waals surface area contributed by atoms with Crippen molar-refractivity contribution < 1.29 is 4.79 Å². The molecule has 0 saturated heterocycles. The number of thiol groups is 1. The molecule has 0 aliphatic heterocycles. The standard InChI is InChI=1S/C7H8N2OS/c10-6-9(11)5-7-2-1-3-8-4-7/h1-4,6,11H,5H2. The van der Waals surface area contributed by atoms with Crippen molar-refractivity contribution >= 4 is 19.2 Å². The maximum Gasteiger partial charge on any atom is 0.219 e. The summed E-state index contributed by atoms with van der Waals surface area (Å²) < 4.78 is 1.26. The molecule has 0 aliphatic rings. The van der Waals surface area contributed by atoms with Gasteiger partial charge in [0, 0.05) is 12.4 Å². The molecule has 0 bridgehead atoms. The third-order valence-corrected chi connectivity index (χ3v) is 1.42. The van der Waals surface area contributed by atoms with Gasteiger partial charge in [-0.15, -0.1) is 0 Å². The molecule has 58 valence electrons. The number of pyridine rings is 1. The fraction of sp³-hybridized carbons (Fsp3) is 0.143. The highest BCUT2D eigenvalue weighted by molar-refractivity contribution is 7.78. The third kappa shape index (κ3) is 2.59. The average molecular weight is 168 g/mol. The van der Waals surface area contributed by atoms with E-state index in [9.17, 15) is 4.79 Å². The minimum atomic E-state index is 0.487. The number of carbonyl (C=O) groups excluding carboxylic acids is 1. The largest absolute Gasteiger partial charge is 0.287 e. The number of nitrogens with zero attached hydrogens (tertiary/aromatic N) is 2. The van der Waals surface area contributed by atoms with Crippen molar-refractivity contribution in [3.05, 3.63) is 30.1 Å². The SMILES string of the molecule is O=CN(S)Cc1cccnc1. The molecule has 0 aromatic carbocycles. The first kappa shape index (κ1) is 8.07. The second kappa shape index (κ2) is 3.98. The Kier molecular flexibility index (Phi) is 2.92. The van der Waals surface area contributed by atoms with Crippen LogP contribution < -0.4 is 0 Å². The molecule has 1 aromatic rings. The van der Waals surface area contributed by atoms with E-state index in [1.165, 1.54) is 4.31 Å². The van der Waals surface area contributed by atoms with Crippen molar-refractivity contribution in [3.8, 4) is 0 Å². The van der Waals surface area contributed by atoms with Crippen LogP contribution in [0.5, 0.6) is 0 Å². The molecular weight excluding hydrogens is 160 g/mol. The fourth-order valence-corrected chi connectivity index (χ4v) is 0.879. The van der Waals surface area contributed by atoms with Crippen LogP contribution in [-0.2, 0) is 11.3 Å². The van der Waals surface area contributed by atoms with Gasteiger partial charge in [-0.2, -0.15) is 0 Å². The Morgan fingerprint density at radius 3 is 3.09 bits per heavy atom. The molecule has 1 aromatic heterocycles. The molecule has 0 N–H and O–H groups in total. The van der Waals surface area contributed by atoms with Gasteiger partial charge in [0.2, 0.25) is 6.41 Å². The predicted molar refractivity (Wildman–Crippen MR) is 44.8 cm³/mol. The summed E-state index contributed by atoms with van der Waals surface area (Å²) in [6, 6.07) is 3.71. The summed E-state index contributed by atoms with van der Waals surface area (Å²) in [5, 5.41) is 0. The molecule has 3 nitrogen and oxygen atoms in total. The Labute approximate surface area is 70.6 Å². The van der Waals surface area contributed by atoms with E-state index in [4.69, 9.17) is 0 Å². The number of rotatable bonds is 3. The Morgan fingerprint density at radius 1 is 1.73 bits per heavy atom. The summed E-state index contributed by atoms with van der Waals surface area (Å²) in [4.78, 5) is 14.0. The van der Waals surface area contributed by atoms with E-state index in [1.807, 2.05) is 12.1 Å². The van der Waals surface area contributed by atoms with Crippen LogP contribution in [0.1, 0.15) is 5.56 Å². The molecule has 1 amide bonds. The molecule has 0 saturated carbocycles. The monoisotopic (exact) mass is 168 g/mol. The van der Waals surface area contributed by atoms with Gasteiger partial charge in [0.25, 0.3) is 0 Å². The summed E-state index contributed by atoms with van der Waals surface area (Å²) >= 11 is 3.88. The topological polar surface area (TPSA) is 33.2 Å². The van der Waals surface area contributed by atoms with Crippen LogP contribution in [0.4, 0.5) is 0 Å². The molecule has 0 fully saturated rings. The van der Waals surface area contributed by atoms with Gasteiger partial charge >= 0.3 is 0 Å². The van der Waals surface area contributed by atoms with Crippen LogP contribution in [0.2, 0.25) is 0 Å². The minimum absolute atomic E-state index is 0.487. The Bertz CT molecular complexity index is 227. The first-order valence-electron chi connectivity index (χ1n) is 3.12. The number of hydrogen-bond acceptors (Lipinski definition) is 3. The van der Waals surface area contributed by atoms with Crippen LogP contribution in [0.25, 0.3) is 0 Å². The van der Waals surface area contributed by atoms with E-state index in [0.717, 1.165) is 5.56 Å². The molecule has 1 heterocycles. The number of carbonyl (C=O) groups is 1. The van der Waals surface area contributed by atoms with Crippen molar-refractivity contribution in [3.63, 3.8) is 0 Å². The van der Waals surface area contributed by atoms with Gasteiger partial charge in [-0.1, -0.05) is 18.9 Å². The number of amides is 1. The minimum Gasteiger partial charge on any atom is -0.287 e. The maximum atomic E-state index is 10.1. The van der Waals surface area contributed by atoms with Gasteiger partial charge < -0.3 is 0 Å². The Morgan fingerprint density at radius 2 is 2.55 bits per heavy atom. The van der Waals surface area contributed by atoms with Crippen molar-refractivity contribution in [2.45, 2.75) is 6.54 Å². The molecule has 0 unspecified atom stereocenters. The number of hydrogen-bond donors (Lipinski definition) is 1. The summed E-state index contributed by atoms with van der Waals surface area (Å²) in [5.41, 5.74) is 0.967. The van der Waals surface area contributed by atoms with Gasteiger partial charge in [0.1, 0.15) is 0 Å². The molecule has 0 spiro atoms. The molecule has 0 atom stereocenters. The smallest absolute Gasteiger partial charge is 0.219 e. The van der Waals surface area contributed by atoms with Gasteiger partial charge in [0.15, 0.2) is 0 Å². The first-order valence-corrected chi connectivity index (χ1v) is 3.52. The van der Waals surface area contributed by atoms with E-state index in [-0.39, 0.29) is 0 Å². The molecule has 0 aliphatic carbocycles. The van der Waals surface area contributed by atoms with Crippen molar-refractivity contribution in [1.82, 2.24) is 9.29 Å². The van der Waals surface area contributed by atoms with Gasteiger partial charge in [0.05, 0.1) is 6.54 Å². The molecular formula is C7H8N2OS. The highest BCUT2D eigenvalue weighted by Gasteiger charge is 1.95. The van der Waals surface area contributed by atoms with Crippen LogP contribution in [0, 0.1) is 0 Å². The van der Waals surface area contributed by atoms with E-state index in [2.05, 4.69) is 17.8 Å². The summed E-state index contributed by atoms with van der Waals surface area (Å²) in [7, 11) is 0. The lowest BCUT2D eigenvalue weighted by atomic mass is 10.3. The molecule has 0 radical (unpaired) electrons. The van der Waals surface area contributed by atoms with Gasteiger partial charge in [-0.05, 0) is 11.6 Å². The van der Waals surface area contributed by atoms with Gasteiger partial charge in [-0.25, -0.2) is 0 Å². The molecule has 11 heavy (non-hydrogen) atoms. The molecule has 1 rings (SSSR count). The Balaban J connectivity index is 2.57. The first-order chi connectivity index (χ1) is 5.33. The van der Waals surface area contributed by atoms with Crippen LogP contribution >= 0.6 is 12.8 Å². The second-order valence-corrected chi connectivity index (χ2v) is 2.58. The highest BCUT2D eigenvalue weighted by Crippen LogP contribution is 2.01. The quantitative estimate of drug-likeness (QED) is 0.537. The summed E-state index contributed by atoms with van der Waals surface area (Å²) in [6.07, 6.45) is 4.05. The Hall–Kier alpha value is -1.03. The van der Waals surface area contributed by atoms with Crippen molar-refractivity contribution in [1.29, 1.82) is 0 Å². The van der Waals surface area contributed by atoms with E-state index in [1.54, 1.807) is 12.4 Å². The van der Waals surface area contributed by atoms with E-state index >= 15 is 0 Å².